The van der Waals surface area contributed by atoms with Crippen molar-refractivity contribution in [3.8, 4) is 0 Å². The molecule has 27 heavy (non-hydrogen) atoms. The van der Waals surface area contributed by atoms with Gasteiger partial charge in [-0.2, -0.15) is 0 Å². The fraction of sp³-hybridized carbons (Fsp3) is 0.0400. The van der Waals surface area contributed by atoms with E-state index in [0.29, 0.717) is 0 Å². The summed E-state index contributed by atoms with van der Waals surface area (Å²) in [6.45, 7) is 0. The predicted molar refractivity (Wildman–Crippen MR) is 122 cm³/mol. The van der Waals surface area contributed by atoms with E-state index in [9.17, 15) is 0 Å². The van der Waals surface area contributed by atoms with Crippen LogP contribution in [-0.2, 0) is 5.75 Å². The molecule has 0 unspecified atom stereocenters. The van der Waals surface area contributed by atoms with Crippen molar-refractivity contribution in [2.45, 2.75) is 5.75 Å². The Labute approximate surface area is 168 Å². The van der Waals surface area contributed by atoms with Crippen molar-refractivity contribution in [1.29, 1.82) is 0 Å². The molecule has 0 aliphatic heterocycles. The molecule has 0 aliphatic rings. The second-order valence-corrected chi connectivity index (χ2v) is 22.5. The average Bonchev–Trinajstić information content (AvgIpc) is 2.77. The van der Waals surface area contributed by atoms with Gasteiger partial charge in [0.1, 0.15) is 0 Å². The van der Waals surface area contributed by atoms with Gasteiger partial charge in [0.05, 0.1) is 0 Å². The number of rotatable bonds is 6. The van der Waals surface area contributed by atoms with Crippen LogP contribution in [0, 0.1) is 0 Å². The first-order chi connectivity index (χ1) is 13.4. The summed E-state index contributed by atoms with van der Waals surface area (Å²) in [5.41, 5.74) is 1.39. The van der Waals surface area contributed by atoms with Crippen LogP contribution in [0.4, 0.5) is 0 Å². The molecular formula is C25H22SSn. The molecule has 0 spiro atoms. The molecule has 0 heterocycles. The van der Waals surface area contributed by atoms with Crippen molar-refractivity contribution in [2.75, 3.05) is 0 Å². The van der Waals surface area contributed by atoms with E-state index < -0.39 is 17.0 Å². The number of hydrogen-bond acceptors (Lipinski definition) is 1. The Morgan fingerprint density at radius 1 is 0.444 bits per heavy atom. The molecule has 0 nitrogen and oxygen atoms in total. The Bertz CT molecular complexity index is 857. The third-order valence-corrected chi connectivity index (χ3v) is 25.3. The Morgan fingerprint density at radius 2 is 0.778 bits per heavy atom. The Balaban J connectivity index is 1.89. The molecule has 0 aromatic heterocycles. The third kappa shape index (κ3) is 3.99. The molecular weight excluding hydrogens is 451 g/mol. The van der Waals surface area contributed by atoms with Gasteiger partial charge >= 0.3 is 169 Å². The standard InChI is InChI=1S/C7H8S.3C6H5.Sn/c8-6-7-4-2-1-3-5-7;3*1-2-4-6-5-3-1;/h1-5,8H,6H2;3*1-5H;/q;;;;+1/p-1. The van der Waals surface area contributed by atoms with Gasteiger partial charge in [0.25, 0.3) is 0 Å². The zero-order valence-electron chi connectivity index (χ0n) is 15.2. The summed E-state index contributed by atoms with van der Waals surface area (Å²) in [4.78, 5) is 0. The zero-order chi connectivity index (χ0) is 18.4. The minimum absolute atomic E-state index is 1.04. The van der Waals surface area contributed by atoms with E-state index in [1.165, 1.54) is 16.3 Å². The van der Waals surface area contributed by atoms with Gasteiger partial charge in [-0.1, -0.05) is 0 Å². The van der Waals surface area contributed by atoms with Crippen molar-refractivity contribution in [2.24, 2.45) is 0 Å². The van der Waals surface area contributed by atoms with Crippen LogP contribution in [0.5, 0.6) is 0 Å². The van der Waals surface area contributed by atoms with Gasteiger partial charge in [-0.15, -0.1) is 0 Å². The summed E-state index contributed by atoms with van der Waals surface area (Å²) < 4.78 is 4.56. The molecule has 4 rings (SSSR count). The van der Waals surface area contributed by atoms with Crippen LogP contribution in [0.25, 0.3) is 0 Å². The predicted octanol–water partition coefficient (Wildman–Crippen LogP) is 4.59. The molecule has 0 radical (unpaired) electrons. The summed E-state index contributed by atoms with van der Waals surface area (Å²) in [7, 11) is 2.19. The van der Waals surface area contributed by atoms with Crippen LogP contribution in [0.2, 0.25) is 0 Å². The van der Waals surface area contributed by atoms with E-state index in [1.54, 1.807) is 0 Å². The van der Waals surface area contributed by atoms with Gasteiger partial charge in [0.15, 0.2) is 0 Å². The number of benzene rings is 4. The Morgan fingerprint density at radius 3 is 1.15 bits per heavy atom. The molecule has 0 amide bonds. The Hall–Kier alpha value is -1.97. The zero-order valence-corrected chi connectivity index (χ0v) is 18.8. The molecule has 0 atom stereocenters. The molecule has 0 saturated heterocycles. The molecule has 0 N–H and O–H groups in total. The van der Waals surface area contributed by atoms with Gasteiger partial charge in [-0.3, -0.25) is 0 Å². The minimum atomic E-state index is -3.18. The second-order valence-electron chi connectivity index (χ2n) is 6.55. The van der Waals surface area contributed by atoms with Crippen LogP contribution in [0.3, 0.4) is 0 Å². The average molecular weight is 473 g/mol. The van der Waals surface area contributed by atoms with E-state index in [-0.39, 0.29) is 0 Å². The molecule has 0 fully saturated rings. The van der Waals surface area contributed by atoms with Crippen LogP contribution in [0.15, 0.2) is 121 Å². The molecule has 0 bridgehead atoms. The first-order valence-electron chi connectivity index (χ1n) is 9.24. The van der Waals surface area contributed by atoms with Gasteiger partial charge < -0.3 is 0 Å². The molecule has 132 valence electrons. The SMILES string of the molecule is c1ccc(C[S][Sn]([c]2ccccc2)([c]2ccccc2)[c]2ccccc2)cc1. The van der Waals surface area contributed by atoms with Crippen molar-refractivity contribution in [1.82, 2.24) is 0 Å². The van der Waals surface area contributed by atoms with E-state index in [0.717, 1.165) is 5.75 Å². The molecule has 0 aliphatic carbocycles. The third-order valence-electron chi connectivity index (χ3n) is 4.84. The monoisotopic (exact) mass is 474 g/mol. The van der Waals surface area contributed by atoms with E-state index in [1.807, 2.05) is 0 Å². The van der Waals surface area contributed by atoms with Crippen LogP contribution >= 0.6 is 8.95 Å². The topological polar surface area (TPSA) is 0 Å². The van der Waals surface area contributed by atoms with Crippen molar-refractivity contribution >= 4 is 36.7 Å². The van der Waals surface area contributed by atoms with E-state index >= 15 is 0 Å². The van der Waals surface area contributed by atoms with Gasteiger partial charge in [-0.25, -0.2) is 0 Å². The Kier molecular flexibility index (Phi) is 6.00. The fourth-order valence-electron chi connectivity index (χ4n) is 3.53. The number of hydrogen-bond donors (Lipinski definition) is 0. The molecule has 2 heteroatoms. The normalized spacial score (nSPS) is 11.3. The summed E-state index contributed by atoms with van der Waals surface area (Å²) in [5, 5.41) is 0. The van der Waals surface area contributed by atoms with Crippen LogP contribution in [-0.4, -0.2) is 17.0 Å². The van der Waals surface area contributed by atoms with Gasteiger partial charge in [-0.05, 0) is 0 Å². The van der Waals surface area contributed by atoms with Crippen LogP contribution in [0.1, 0.15) is 5.56 Å². The summed E-state index contributed by atoms with van der Waals surface area (Å²) in [5.74, 6) is 1.04. The summed E-state index contributed by atoms with van der Waals surface area (Å²) >= 11 is -3.18. The maximum atomic E-state index is 2.34. The van der Waals surface area contributed by atoms with Crippen LogP contribution < -0.4 is 10.7 Å². The second kappa shape index (κ2) is 8.81. The van der Waals surface area contributed by atoms with E-state index in [4.69, 9.17) is 0 Å². The quantitative estimate of drug-likeness (QED) is 0.370. The van der Waals surface area contributed by atoms with Gasteiger partial charge in [0, 0.05) is 0 Å². The summed E-state index contributed by atoms with van der Waals surface area (Å²) in [6, 6.07) is 44.4. The molecule has 0 saturated carbocycles. The maximum absolute atomic E-state index is 3.18. The van der Waals surface area contributed by atoms with E-state index in [2.05, 4.69) is 130 Å². The summed E-state index contributed by atoms with van der Waals surface area (Å²) in [6.07, 6.45) is 0. The van der Waals surface area contributed by atoms with Crippen molar-refractivity contribution < 1.29 is 0 Å². The molecule has 4 aromatic carbocycles. The van der Waals surface area contributed by atoms with Crippen molar-refractivity contribution in [3.05, 3.63) is 127 Å². The van der Waals surface area contributed by atoms with Gasteiger partial charge in [0.2, 0.25) is 0 Å². The van der Waals surface area contributed by atoms with Crippen molar-refractivity contribution in [3.63, 3.8) is 0 Å². The first kappa shape index (κ1) is 18.4. The fourth-order valence-corrected chi connectivity index (χ4v) is 23.4. The molecule has 4 aromatic rings. The first-order valence-corrected chi connectivity index (χ1v) is 18.0.